The maximum Gasteiger partial charge on any atom is 0.139 e. The fourth-order valence-electron chi connectivity index (χ4n) is 1.57. The van der Waals surface area contributed by atoms with Gasteiger partial charge in [-0.25, -0.2) is 0 Å². The summed E-state index contributed by atoms with van der Waals surface area (Å²) in [5.74, 6) is 2.10. The maximum atomic E-state index is 5.99. The second-order valence-corrected chi connectivity index (χ2v) is 4.79. The van der Waals surface area contributed by atoms with Gasteiger partial charge in [0.1, 0.15) is 30.5 Å². The summed E-state index contributed by atoms with van der Waals surface area (Å²) < 4.78 is 16.1. The molecule has 0 bridgehead atoms. The Morgan fingerprint density at radius 1 is 0.850 bits per heavy atom. The minimum atomic E-state index is 0.381. The second-order valence-electron chi connectivity index (χ2n) is 3.95. The van der Waals surface area contributed by atoms with E-state index in [9.17, 15) is 0 Å². The van der Waals surface area contributed by atoms with Crippen LogP contribution in [0.3, 0.4) is 0 Å². The number of halogens is 2. The lowest BCUT2D eigenvalue weighted by molar-refractivity contribution is 0.217. The Kier molecular flexibility index (Phi) is 5.39. The van der Waals surface area contributed by atoms with Crippen LogP contribution in [0, 0.1) is 0 Å². The van der Waals surface area contributed by atoms with Crippen LogP contribution >= 0.6 is 23.2 Å². The van der Waals surface area contributed by atoms with Crippen molar-refractivity contribution in [1.29, 1.82) is 0 Å². The van der Waals surface area contributed by atoms with E-state index in [0.29, 0.717) is 29.0 Å². The molecular formula is C15H14Cl2O3. The third-order valence-electron chi connectivity index (χ3n) is 2.56. The summed E-state index contributed by atoms with van der Waals surface area (Å²) >= 11 is 11.9. The molecule has 0 aliphatic heterocycles. The monoisotopic (exact) mass is 312 g/mol. The lowest BCUT2D eigenvalue weighted by Gasteiger charge is -2.10. The quantitative estimate of drug-likeness (QED) is 0.737. The van der Waals surface area contributed by atoms with Gasteiger partial charge in [-0.2, -0.15) is 0 Å². The summed E-state index contributed by atoms with van der Waals surface area (Å²) in [7, 11) is 1.62. The van der Waals surface area contributed by atoms with Gasteiger partial charge < -0.3 is 14.2 Å². The molecule has 20 heavy (non-hydrogen) atoms. The minimum Gasteiger partial charge on any atom is -0.497 e. The molecule has 2 rings (SSSR count). The zero-order valence-electron chi connectivity index (χ0n) is 10.9. The summed E-state index contributed by atoms with van der Waals surface area (Å²) in [6, 6.07) is 12.4. The topological polar surface area (TPSA) is 27.7 Å². The fourth-order valence-corrected chi connectivity index (χ4v) is 1.91. The molecule has 5 heteroatoms. The highest BCUT2D eigenvalue weighted by atomic mass is 35.5. The van der Waals surface area contributed by atoms with Crippen molar-refractivity contribution in [2.75, 3.05) is 20.3 Å². The average Bonchev–Trinajstić information content (AvgIpc) is 2.47. The average molecular weight is 313 g/mol. The summed E-state index contributed by atoms with van der Waals surface area (Å²) in [4.78, 5) is 0. The number of methoxy groups -OCH3 is 1. The Morgan fingerprint density at radius 3 is 2.20 bits per heavy atom. The van der Waals surface area contributed by atoms with Crippen LogP contribution in [0.1, 0.15) is 0 Å². The van der Waals surface area contributed by atoms with E-state index < -0.39 is 0 Å². The van der Waals surface area contributed by atoms with Crippen molar-refractivity contribution in [3.05, 3.63) is 52.5 Å². The third-order valence-corrected chi connectivity index (χ3v) is 3.11. The van der Waals surface area contributed by atoms with Crippen molar-refractivity contribution in [3.8, 4) is 17.2 Å². The SMILES string of the molecule is COc1ccc(OCCOc2cc(Cl)ccc2Cl)cc1. The van der Waals surface area contributed by atoms with Gasteiger partial charge in [-0.05, 0) is 36.4 Å². The normalized spacial score (nSPS) is 10.2. The zero-order chi connectivity index (χ0) is 14.4. The summed E-state index contributed by atoms with van der Waals surface area (Å²) in [5, 5.41) is 1.11. The van der Waals surface area contributed by atoms with Crippen molar-refractivity contribution in [2.24, 2.45) is 0 Å². The first-order chi connectivity index (χ1) is 9.69. The Morgan fingerprint density at radius 2 is 1.50 bits per heavy atom. The van der Waals surface area contributed by atoms with Gasteiger partial charge in [-0.1, -0.05) is 23.2 Å². The molecule has 0 aliphatic rings. The molecular weight excluding hydrogens is 299 g/mol. The van der Waals surface area contributed by atoms with E-state index >= 15 is 0 Å². The molecule has 0 atom stereocenters. The van der Waals surface area contributed by atoms with Crippen molar-refractivity contribution < 1.29 is 14.2 Å². The van der Waals surface area contributed by atoms with Gasteiger partial charge in [0.15, 0.2) is 0 Å². The number of hydrogen-bond donors (Lipinski definition) is 0. The summed E-state index contributed by atoms with van der Waals surface area (Å²) in [5.41, 5.74) is 0. The van der Waals surface area contributed by atoms with Crippen LogP contribution in [-0.4, -0.2) is 20.3 Å². The molecule has 0 fully saturated rings. The highest BCUT2D eigenvalue weighted by Crippen LogP contribution is 2.27. The molecule has 0 spiro atoms. The first-order valence-electron chi connectivity index (χ1n) is 6.04. The van der Waals surface area contributed by atoms with E-state index in [4.69, 9.17) is 37.4 Å². The molecule has 0 heterocycles. The number of hydrogen-bond acceptors (Lipinski definition) is 3. The van der Waals surface area contributed by atoms with Crippen LogP contribution in [-0.2, 0) is 0 Å². The predicted octanol–water partition coefficient (Wildman–Crippen LogP) is 4.46. The van der Waals surface area contributed by atoms with Gasteiger partial charge in [0.25, 0.3) is 0 Å². The smallest absolute Gasteiger partial charge is 0.139 e. The molecule has 0 aromatic heterocycles. The van der Waals surface area contributed by atoms with Crippen LogP contribution in [0.25, 0.3) is 0 Å². The largest absolute Gasteiger partial charge is 0.497 e. The number of ether oxygens (including phenoxy) is 3. The van der Waals surface area contributed by atoms with Crippen LogP contribution in [0.2, 0.25) is 10.0 Å². The molecule has 0 saturated heterocycles. The van der Waals surface area contributed by atoms with Crippen LogP contribution in [0.5, 0.6) is 17.2 Å². The van der Waals surface area contributed by atoms with Gasteiger partial charge >= 0.3 is 0 Å². The van der Waals surface area contributed by atoms with Gasteiger partial charge in [-0.15, -0.1) is 0 Å². The minimum absolute atomic E-state index is 0.381. The predicted molar refractivity (Wildman–Crippen MR) is 80.4 cm³/mol. The van der Waals surface area contributed by atoms with E-state index in [2.05, 4.69) is 0 Å². The standard InChI is InChI=1S/C15H14Cl2O3/c1-18-12-3-5-13(6-4-12)19-8-9-20-15-10-11(16)2-7-14(15)17/h2-7,10H,8-9H2,1H3. The Hall–Kier alpha value is -1.58. The number of rotatable bonds is 6. The highest BCUT2D eigenvalue weighted by molar-refractivity contribution is 6.34. The van der Waals surface area contributed by atoms with Crippen molar-refractivity contribution in [3.63, 3.8) is 0 Å². The summed E-state index contributed by atoms with van der Waals surface area (Å²) in [6.07, 6.45) is 0. The zero-order valence-corrected chi connectivity index (χ0v) is 12.4. The van der Waals surface area contributed by atoms with E-state index in [1.165, 1.54) is 0 Å². The molecule has 2 aromatic rings. The lowest BCUT2D eigenvalue weighted by atomic mass is 10.3. The molecule has 106 valence electrons. The molecule has 2 aromatic carbocycles. The molecule has 0 radical (unpaired) electrons. The fraction of sp³-hybridized carbons (Fsp3) is 0.200. The first-order valence-corrected chi connectivity index (χ1v) is 6.79. The summed E-state index contributed by atoms with van der Waals surface area (Å²) in [6.45, 7) is 0.793. The second kappa shape index (κ2) is 7.27. The van der Waals surface area contributed by atoms with Gasteiger partial charge in [0.2, 0.25) is 0 Å². The highest BCUT2D eigenvalue weighted by Gasteiger charge is 2.02. The third kappa shape index (κ3) is 4.22. The Labute approximate surface area is 128 Å². The molecule has 0 saturated carbocycles. The van der Waals surface area contributed by atoms with Crippen LogP contribution < -0.4 is 14.2 Å². The Balaban J connectivity index is 1.79. The first kappa shape index (κ1) is 14.8. The Bertz CT molecular complexity index is 556. The van der Waals surface area contributed by atoms with Crippen molar-refractivity contribution in [1.82, 2.24) is 0 Å². The van der Waals surface area contributed by atoms with Crippen molar-refractivity contribution in [2.45, 2.75) is 0 Å². The number of benzene rings is 2. The molecule has 0 unspecified atom stereocenters. The van der Waals surface area contributed by atoms with E-state index in [0.717, 1.165) is 11.5 Å². The van der Waals surface area contributed by atoms with Gasteiger partial charge in [-0.3, -0.25) is 0 Å². The lowest BCUT2D eigenvalue weighted by Crippen LogP contribution is -2.09. The molecule has 0 N–H and O–H groups in total. The van der Waals surface area contributed by atoms with Crippen LogP contribution in [0.15, 0.2) is 42.5 Å². The maximum absolute atomic E-state index is 5.99. The van der Waals surface area contributed by atoms with E-state index in [-0.39, 0.29) is 0 Å². The van der Waals surface area contributed by atoms with Crippen LogP contribution in [0.4, 0.5) is 0 Å². The van der Waals surface area contributed by atoms with E-state index in [1.54, 1.807) is 25.3 Å². The molecule has 0 aliphatic carbocycles. The van der Waals surface area contributed by atoms with Crippen molar-refractivity contribution >= 4 is 23.2 Å². The molecule has 3 nitrogen and oxygen atoms in total. The van der Waals surface area contributed by atoms with Gasteiger partial charge in [0, 0.05) is 11.1 Å². The van der Waals surface area contributed by atoms with E-state index in [1.807, 2.05) is 24.3 Å². The van der Waals surface area contributed by atoms with Gasteiger partial charge in [0.05, 0.1) is 12.1 Å². The molecule has 0 amide bonds.